The number of benzene rings is 2. The van der Waals surface area contributed by atoms with E-state index in [0.29, 0.717) is 17.9 Å². The van der Waals surface area contributed by atoms with E-state index in [0.717, 1.165) is 32.1 Å². The quantitative estimate of drug-likeness (QED) is 0.219. The summed E-state index contributed by atoms with van der Waals surface area (Å²) in [5, 5.41) is 3.77. The molecule has 152 valence electrons. The summed E-state index contributed by atoms with van der Waals surface area (Å²) in [7, 11) is 0. The van der Waals surface area contributed by atoms with Crippen molar-refractivity contribution in [1.29, 1.82) is 0 Å². The van der Waals surface area contributed by atoms with Crippen LogP contribution in [0.25, 0.3) is 11.1 Å². The summed E-state index contributed by atoms with van der Waals surface area (Å²) < 4.78 is 0. The number of Topliss-reactive ketones (excluding diaryl/α,β-unsaturated/α-hetero) is 1. The highest BCUT2D eigenvalue weighted by atomic mass is 16.7. The number of unbranched alkanes of at least 4 members (excludes halogenated alkanes) is 2. The predicted octanol–water partition coefficient (Wildman–Crippen LogP) is 6.28. The first-order valence-electron chi connectivity index (χ1n) is 10.6. The molecule has 0 bridgehead atoms. The number of oxime groups is 1. The number of fused-ring (bicyclic) bond motifs is 3. The van der Waals surface area contributed by atoms with E-state index in [2.05, 4.69) is 36.3 Å². The zero-order valence-electron chi connectivity index (χ0n) is 17.5. The van der Waals surface area contributed by atoms with Crippen LogP contribution in [0.15, 0.2) is 47.6 Å². The molecule has 4 nitrogen and oxygen atoms in total. The van der Waals surface area contributed by atoms with Gasteiger partial charge in [0.1, 0.15) is 5.71 Å². The number of carbonyl (C=O) groups is 2. The molecule has 0 radical (unpaired) electrons. The molecule has 0 aliphatic heterocycles. The first-order valence-corrected chi connectivity index (χ1v) is 10.6. The average molecular weight is 392 g/mol. The standard InChI is InChI=1S/C25H29NO3/c1-4-6-10-21-19-11-8-9-12-20(19)22-15-14-18(16-23(21)22)25(28)17(3)26-29-24(27)13-7-5-2/h8-9,11-12,14-16,21H,4-7,10,13H2,1-3H3/b26-17-. The maximum Gasteiger partial charge on any atom is 0.335 e. The number of nitrogens with zero attached hydrogens (tertiary/aromatic N) is 1. The molecule has 4 heteroatoms. The zero-order chi connectivity index (χ0) is 20.8. The number of ketones is 1. The Balaban J connectivity index is 1.83. The van der Waals surface area contributed by atoms with Crippen LogP contribution in [-0.2, 0) is 9.63 Å². The fourth-order valence-electron chi connectivity index (χ4n) is 3.91. The lowest BCUT2D eigenvalue weighted by atomic mass is 9.90. The van der Waals surface area contributed by atoms with Gasteiger partial charge in [0.25, 0.3) is 0 Å². The van der Waals surface area contributed by atoms with Crippen LogP contribution in [0.1, 0.15) is 86.7 Å². The lowest BCUT2D eigenvalue weighted by molar-refractivity contribution is -0.143. The van der Waals surface area contributed by atoms with Gasteiger partial charge in [-0.2, -0.15) is 0 Å². The zero-order valence-corrected chi connectivity index (χ0v) is 17.5. The van der Waals surface area contributed by atoms with E-state index in [1.54, 1.807) is 6.92 Å². The van der Waals surface area contributed by atoms with Gasteiger partial charge in [-0.1, -0.05) is 74.7 Å². The minimum Gasteiger partial charge on any atom is -0.318 e. The second-order valence-electron chi connectivity index (χ2n) is 7.66. The molecule has 0 amide bonds. The van der Waals surface area contributed by atoms with Crippen molar-refractivity contribution < 1.29 is 14.4 Å². The van der Waals surface area contributed by atoms with Crippen molar-refractivity contribution in [2.24, 2.45) is 5.16 Å². The molecule has 3 rings (SSSR count). The largest absolute Gasteiger partial charge is 0.335 e. The van der Waals surface area contributed by atoms with Gasteiger partial charge in [-0.05, 0) is 48.1 Å². The second-order valence-corrected chi connectivity index (χ2v) is 7.66. The Bertz CT molecular complexity index is 929. The third kappa shape index (κ3) is 4.64. The third-order valence-corrected chi connectivity index (χ3v) is 5.51. The summed E-state index contributed by atoms with van der Waals surface area (Å²) in [5.74, 6) is -0.290. The maximum absolute atomic E-state index is 12.8. The van der Waals surface area contributed by atoms with Crippen LogP contribution in [0, 0.1) is 0 Å². The van der Waals surface area contributed by atoms with Crippen LogP contribution < -0.4 is 0 Å². The number of carbonyl (C=O) groups excluding carboxylic acids is 2. The van der Waals surface area contributed by atoms with E-state index in [1.165, 1.54) is 22.3 Å². The summed E-state index contributed by atoms with van der Waals surface area (Å²) in [6, 6.07) is 14.4. The van der Waals surface area contributed by atoms with E-state index >= 15 is 0 Å². The van der Waals surface area contributed by atoms with Gasteiger partial charge >= 0.3 is 5.97 Å². The average Bonchev–Trinajstić information content (AvgIpc) is 3.06. The fraction of sp³-hybridized carbons (Fsp3) is 0.400. The smallest absolute Gasteiger partial charge is 0.318 e. The summed E-state index contributed by atoms with van der Waals surface area (Å²) in [4.78, 5) is 29.4. The Hall–Kier alpha value is -2.75. The second kappa shape index (κ2) is 9.64. The summed E-state index contributed by atoms with van der Waals surface area (Å²) >= 11 is 0. The first kappa shape index (κ1) is 21.0. The van der Waals surface area contributed by atoms with Crippen LogP contribution in [0.2, 0.25) is 0 Å². The van der Waals surface area contributed by atoms with Gasteiger partial charge in [0.2, 0.25) is 5.78 Å². The van der Waals surface area contributed by atoms with Gasteiger partial charge in [-0.3, -0.25) is 4.79 Å². The summed E-state index contributed by atoms with van der Waals surface area (Å²) in [5.41, 5.74) is 5.80. The van der Waals surface area contributed by atoms with Gasteiger partial charge in [0.05, 0.1) is 0 Å². The molecule has 1 unspecified atom stereocenters. The molecule has 2 aromatic rings. The molecular weight excluding hydrogens is 362 g/mol. The van der Waals surface area contributed by atoms with Crippen LogP contribution in [0.5, 0.6) is 0 Å². The van der Waals surface area contributed by atoms with Crippen LogP contribution in [0.4, 0.5) is 0 Å². The minimum absolute atomic E-state index is 0.190. The third-order valence-electron chi connectivity index (χ3n) is 5.51. The number of hydrogen-bond acceptors (Lipinski definition) is 4. The number of rotatable bonds is 9. The van der Waals surface area contributed by atoms with Crippen molar-refractivity contribution >= 4 is 17.5 Å². The topological polar surface area (TPSA) is 55.7 Å². The van der Waals surface area contributed by atoms with E-state index < -0.39 is 5.97 Å². The minimum atomic E-state index is -0.400. The van der Waals surface area contributed by atoms with Crippen molar-refractivity contribution in [1.82, 2.24) is 0 Å². The highest BCUT2D eigenvalue weighted by molar-refractivity contribution is 6.45. The van der Waals surface area contributed by atoms with Crippen LogP contribution in [-0.4, -0.2) is 17.5 Å². The van der Waals surface area contributed by atoms with E-state index in [1.807, 2.05) is 25.1 Å². The molecular formula is C25H29NO3. The molecule has 0 fully saturated rings. The molecule has 0 N–H and O–H groups in total. The molecule has 0 saturated carbocycles. The predicted molar refractivity (Wildman–Crippen MR) is 116 cm³/mol. The van der Waals surface area contributed by atoms with E-state index in [9.17, 15) is 9.59 Å². The lowest BCUT2D eigenvalue weighted by Crippen LogP contribution is -2.13. The van der Waals surface area contributed by atoms with Gasteiger partial charge < -0.3 is 4.84 Å². The van der Waals surface area contributed by atoms with Crippen LogP contribution >= 0.6 is 0 Å². The lowest BCUT2D eigenvalue weighted by Gasteiger charge is -2.13. The Morgan fingerprint density at radius 3 is 2.45 bits per heavy atom. The normalized spacial score (nSPS) is 15.0. The molecule has 2 aromatic carbocycles. The van der Waals surface area contributed by atoms with Crippen molar-refractivity contribution in [3.05, 3.63) is 59.2 Å². The van der Waals surface area contributed by atoms with Crippen LogP contribution in [0.3, 0.4) is 0 Å². The molecule has 0 aromatic heterocycles. The van der Waals surface area contributed by atoms with Gasteiger partial charge in [0.15, 0.2) is 0 Å². The molecule has 1 aliphatic carbocycles. The summed E-state index contributed by atoms with van der Waals surface area (Å²) in [6.07, 6.45) is 5.34. The molecule has 0 saturated heterocycles. The van der Waals surface area contributed by atoms with Crippen molar-refractivity contribution in [3.63, 3.8) is 0 Å². The van der Waals surface area contributed by atoms with Gasteiger partial charge in [-0.25, -0.2) is 4.79 Å². The molecule has 1 atom stereocenters. The van der Waals surface area contributed by atoms with Gasteiger partial charge in [0, 0.05) is 17.9 Å². The first-order chi connectivity index (χ1) is 14.1. The van der Waals surface area contributed by atoms with Crippen molar-refractivity contribution in [3.8, 4) is 11.1 Å². The van der Waals surface area contributed by atoms with Crippen molar-refractivity contribution in [2.75, 3.05) is 0 Å². The monoisotopic (exact) mass is 391 g/mol. The highest BCUT2D eigenvalue weighted by Crippen LogP contribution is 2.47. The Kier molecular flexibility index (Phi) is 6.97. The Labute approximate surface area is 173 Å². The Morgan fingerprint density at radius 1 is 0.966 bits per heavy atom. The van der Waals surface area contributed by atoms with E-state index in [-0.39, 0.29) is 11.5 Å². The maximum atomic E-state index is 12.8. The molecule has 29 heavy (non-hydrogen) atoms. The summed E-state index contributed by atoms with van der Waals surface area (Å²) in [6.45, 7) is 5.79. The van der Waals surface area contributed by atoms with Gasteiger partial charge in [-0.15, -0.1) is 0 Å². The molecule has 1 aliphatic rings. The van der Waals surface area contributed by atoms with Crippen molar-refractivity contribution in [2.45, 2.75) is 65.2 Å². The Morgan fingerprint density at radius 2 is 1.69 bits per heavy atom. The molecule has 0 heterocycles. The molecule has 0 spiro atoms. The highest BCUT2D eigenvalue weighted by Gasteiger charge is 2.28. The SMILES string of the molecule is CCCCC(=O)O/N=C(/C)C(=O)c1ccc2c(c1)C(CCCC)c1ccccc1-2. The van der Waals surface area contributed by atoms with E-state index in [4.69, 9.17) is 4.84 Å². The number of hydrogen-bond donors (Lipinski definition) is 0. The fourth-order valence-corrected chi connectivity index (χ4v) is 3.91.